The maximum atomic E-state index is 5.35. The summed E-state index contributed by atoms with van der Waals surface area (Å²) in [6.45, 7) is 2.13. The maximum absolute atomic E-state index is 5.35. The average Bonchev–Trinajstić information content (AvgIpc) is 2.80. The van der Waals surface area contributed by atoms with Gasteiger partial charge in [0.2, 0.25) is 0 Å². The highest BCUT2D eigenvalue weighted by Crippen LogP contribution is 2.21. The lowest BCUT2D eigenvalue weighted by Crippen LogP contribution is -1.76. The van der Waals surface area contributed by atoms with Crippen LogP contribution in [-0.4, -0.2) is 0 Å². The number of allylic oxidation sites excluding steroid dienone is 1. The molecule has 0 saturated heterocycles. The van der Waals surface area contributed by atoms with Crippen molar-refractivity contribution in [3.63, 3.8) is 0 Å². The van der Waals surface area contributed by atoms with Crippen LogP contribution in [0.15, 0.2) is 53.2 Å². The van der Waals surface area contributed by atoms with Gasteiger partial charge in [0.25, 0.3) is 0 Å². The summed E-state index contributed by atoms with van der Waals surface area (Å²) >= 11 is 0. The van der Waals surface area contributed by atoms with Gasteiger partial charge >= 0.3 is 0 Å². The van der Waals surface area contributed by atoms with Crippen LogP contribution in [0, 0.1) is 0 Å². The van der Waals surface area contributed by atoms with Gasteiger partial charge in [0, 0.05) is 5.56 Å². The smallest absolute Gasteiger partial charge is 0.133 e. The molecule has 1 aromatic heterocycles. The van der Waals surface area contributed by atoms with Crippen molar-refractivity contribution in [1.82, 2.24) is 0 Å². The molecule has 0 fully saturated rings. The minimum Gasteiger partial charge on any atom is -0.464 e. The van der Waals surface area contributed by atoms with Crippen molar-refractivity contribution >= 4 is 6.08 Å². The van der Waals surface area contributed by atoms with Gasteiger partial charge in [0.05, 0.1) is 6.26 Å². The van der Waals surface area contributed by atoms with Crippen LogP contribution in [0.4, 0.5) is 0 Å². The largest absolute Gasteiger partial charge is 0.464 e. The molecule has 1 aromatic carbocycles. The topological polar surface area (TPSA) is 13.1 Å². The van der Waals surface area contributed by atoms with Gasteiger partial charge in [-0.05, 0) is 30.2 Å². The summed E-state index contributed by atoms with van der Waals surface area (Å²) in [5, 5.41) is 0. The normalized spacial score (nSPS) is 11.0. The van der Waals surface area contributed by atoms with E-state index >= 15 is 0 Å². The minimum absolute atomic E-state index is 0.918. The molecular formula is C14H14O. The van der Waals surface area contributed by atoms with Crippen LogP contribution < -0.4 is 0 Å². The average molecular weight is 198 g/mol. The summed E-state index contributed by atoms with van der Waals surface area (Å²) in [4.78, 5) is 0. The molecule has 0 atom stereocenters. The van der Waals surface area contributed by atoms with Gasteiger partial charge in [-0.15, -0.1) is 0 Å². The molecule has 76 valence electrons. The van der Waals surface area contributed by atoms with Crippen molar-refractivity contribution in [2.75, 3.05) is 0 Å². The Morgan fingerprint density at radius 1 is 1.20 bits per heavy atom. The number of hydrogen-bond donors (Lipinski definition) is 0. The molecule has 2 rings (SSSR count). The molecule has 0 radical (unpaired) electrons. The van der Waals surface area contributed by atoms with E-state index in [9.17, 15) is 0 Å². The van der Waals surface area contributed by atoms with Crippen molar-refractivity contribution in [2.45, 2.75) is 13.3 Å². The van der Waals surface area contributed by atoms with Gasteiger partial charge < -0.3 is 4.42 Å². The van der Waals surface area contributed by atoms with E-state index in [-0.39, 0.29) is 0 Å². The molecule has 15 heavy (non-hydrogen) atoms. The molecule has 1 nitrogen and oxygen atoms in total. The van der Waals surface area contributed by atoms with Crippen LogP contribution in [0.5, 0.6) is 0 Å². The second-order valence-corrected chi connectivity index (χ2v) is 3.41. The highest BCUT2D eigenvalue weighted by atomic mass is 16.3. The third-order valence-electron chi connectivity index (χ3n) is 2.24. The van der Waals surface area contributed by atoms with Crippen LogP contribution in [0.25, 0.3) is 17.4 Å². The van der Waals surface area contributed by atoms with Crippen LogP contribution in [0.1, 0.15) is 18.9 Å². The SMILES string of the molecule is CC/C=C/c1cccc(-c2ccco2)c1. The van der Waals surface area contributed by atoms with Gasteiger partial charge in [0.15, 0.2) is 0 Å². The molecule has 0 N–H and O–H groups in total. The number of hydrogen-bond acceptors (Lipinski definition) is 1. The van der Waals surface area contributed by atoms with E-state index in [4.69, 9.17) is 4.42 Å². The van der Waals surface area contributed by atoms with Gasteiger partial charge in [-0.1, -0.05) is 37.3 Å². The zero-order valence-corrected chi connectivity index (χ0v) is 8.81. The summed E-state index contributed by atoms with van der Waals surface area (Å²) in [7, 11) is 0. The van der Waals surface area contributed by atoms with E-state index in [1.54, 1.807) is 6.26 Å². The first-order valence-corrected chi connectivity index (χ1v) is 5.20. The monoisotopic (exact) mass is 198 g/mol. The highest BCUT2D eigenvalue weighted by molar-refractivity contribution is 5.63. The molecule has 1 heteroatoms. The number of furan rings is 1. The lowest BCUT2D eigenvalue weighted by molar-refractivity contribution is 0.582. The number of rotatable bonds is 3. The first-order chi connectivity index (χ1) is 7.40. The minimum atomic E-state index is 0.918. The van der Waals surface area contributed by atoms with Gasteiger partial charge in [0.1, 0.15) is 5.76 Å². The van der Waals surface area contributed by atoms with E-state index in [1.807, 2.05) is 18.2 Å². The Morgan fingerprint density at radius 2 is 2.13 bits per heavy atom. The molecule has 0 unspecified atom stereocenters. The Bertz CT molecular complexity index is 438. The van der Waals surface area contributed by atoms with E-state index in [0.717, 1.165) is 17.7 Å². The van der Waals surface area contributed by atoms with E-state index < -0.39 is 0 Å². The van der Waals surface area contributed by atoms with Crippen LogP contribution in [-0.2, 0) is 0 Å². The van der Waals surface area contributed by atoms with Crippen LogP contribution in [0.2, 0.25) is 0 Å². The van der Waals surface area contributed by atoms with Crippen molar-refractivity contribution in [3.8, 4) is 11.3 Å². The summed E-state index contributed by atoms with van der Waals surface area (Å²) in [6, 6.07) is 12.2. The zero-order chi connectivity index (χ0) is 10.5. The Balaban J connectivity index is 2.31. The fourth-order valence-corrected chi connectivity index (χ4v) is 1.49. The van der Waals surface area contributed by atoms with Gasteiger partial charge in [-0.2, -0.15) is 0 Å². The standard InChI is InChI=1S/C14H14O/c1-2-3-6-12-7-4-8-13(11-12)14-9-5-10-15-14/h3-11H,2H2,1H3/b6-3+. The fraction of sp³-hybridized carbons (Fsp3) is 0.143. The lowest BCUT2D eigenvalue weighted by Gasteiger charge is -1.98. The summed E-state index contributed by atoms with van der Waals surface area (Å²) in [5.74, 6) is 0.918. The number of benzene rings is 1. The lowest BCUT2D eigenvalue weighted by atomic mass is 10.1. The predicted molar refractivity (Wildman–Crippen MR) is 63.5 cm³/mol. The Labute approximate surface area is 90.1 Å². The first-order valence-electron chi connectivity index (χ1n) is 5.20. The zero-order valence-electron chi connectivity index (χ0n) is 8.81. The van der Waals surface area contributed by atoms with Crippen LogP contribution >= 0.6 is 0 Å². The molecule has 0 aliphatic rings. The molecule has 2 aromatic rings. The Kier molecular flexibility index (Phi) is 3.03. The molecule has 0 aliphatic heterocycles. The quantitative estimate of drug-likeness (QED) is 0.713. The Morgan fingerprint density at radius 3 is 2.87 bits per heavy atom. The molecule has 1 heterocycles. The molecule has 0 saturated carbocycles. The molecule has 0 spiro atoms. The second-order valence-electron chi connectivity index (χ2n) is 3.41. The summed E-state index contributed by atoms with van der Waals surface area (Å²) in [5.41, 5.74) is 2.34. The van der Waals surface area contributed by atoms with Crippen molar-refractivity contribution in [2.24, 2.45) is 0 Å². The predicted octanol–water partition coefficient (Wildman–Crippen LogP) is 4.37. The van der Waals surface area contributed by atoms with Crippen molar-refractivity contribution in [1.29, 1.82) is 0 Å². The van der Waals surface area contributed by atoms with Crippen LogP contribution in [0.3, 0.4) is 0 Å². The maximum Gasteiger partial charge on any atom is 0.133 e. The first kappa shape index (κ1) is 9.78. The third-order valence-corrected chi connectivity index (χ3v) is 2.24. The van der Waals surface area contributed by atoms with Crippen molar-refractivity contribution in [3.05, 3.63) is 54.3 Å². The third kappa shape index (κ3) is 2.38. The second kappa shape index (κ2) is 4.65. The molecule has 0 aliphatic carbocycles. The van der Waals surface area contributed by atoms with E-state index in [0.29, 0.717) is 0 Å². The van der Waals surface area contributed by atoms with Crippen molar-refractivity contribution < 1.29 is 4.42 Å². The Hall–Kier alpha value is -1.76. The summed E-state index contributed by atoms with van der Waals surface area (Å²) < 4.78 is 5.35. The fourth-order valence-electron chi connectivity index (χ4n) is 1.49. The van der Waals surface area contributed by atoms with E-state index in [1.165, 1.54) is 5.56 Å². The van der Waals surface area contributed by atoms with E-state index in [2.05, 4.69) is 37.3 Å². The highest BCUT2D eigenvalue weighted by Gasteiger charge is 1.99. The van der Waals surface area contributed by atoms with Gasteiger partial charge in [-0.3, -0.25) is 0 Å². The summed E-state index contributed by atoms with van der Waals surface area (Å²) in [6.07, 6.45) is 7.04. The van der Waals surface area contributed by atoms with Gasteiger partial charge in [-0.25, -0.2) is 0 Å². The molecule has 0 amide bonds. The molecular weight excluding hydrogens is 184 g/mol. The molecule has 0 bridgehead atoms.